The Hall–Kier alpha value is -6.06. The summed E-state index contributed by atoms with van der Waals surface area (Å²) in [6.45, 7) is 0. The zero-order valence-electron chi connectivity index (χ0n) is 24.3. The lowest BCUT2D eigenvalue weighted by molar-refractivity contribution is 1.11. The van der Waals surface area contributed by atoms with Gasteiger partial charge in [0.05, 0.1) is 22.2 Å². The van der Waals surface area contributed by atoms with Crippen molar-refractivity contribution >= 4 is 75.8 Å². The molecule has 3 nitrogen and oxygen atoms in total. The summed E-state index contributed by atoms with van der Waals surface area (Å²) in [5, 5.41) is 13.3. The van der Waals surface area contributed by atoms with E-state index in [1.165, 1.54) is 54.0 Å². The molecule has 0 saturated carbocycles. The molecule has 10 aromatic rings. The lowest BCUT2D eigenvalue weighted by atomic mass is 9.89. The van der Waals surface area contributed by atoms with Gasteiger partial charge in [-0.1, -0.05) is 109 Å². The summed E-state index contributed by atoms with van der Waals surface area (Å²) >= 11 is 0. The van der Waals surface area contributed by atoms with E-state index in [0.717, 1.165) is 38.9 Å². The van der Waals surface area contributed by atoms with Crippen molar-refractivity contribution in [3.8, 4) is 17.1 Å². The van der Waals surface area contributed by atoms with Gasteiger partial charge in [-0.25, -0.2) is 4.98 Å². The normalized spacial score (nSPS) is 12.0. The summed E-state index contributed by atoms with van der Waals surface area (Å²) in [7, 11) is 0. The van der Waals surface area contributed by atoms with E-state index < -0.39 is 0 Å². The fourth-order valence-electron chi connectivity index (χ4n) is 7.39. The molecule has 10 rings (SSSR count). The molecule has 0 N–H and O–H groups in total. The smallest absolute Gasteiger partial charge is 0.138 e. The predicted octanol–water partition coefficient (Wildman–Crippen LogP) is 11.0. The van der Waals surface area contributed by atoms with Gasteiger partial charge in [-0.2, -0.15) is 0 Å². The Kier molecular flexibility index (Phi) is 5.00. The van der Waals surface area contributed by atoms with E-state index in [1.807, 2.05) is 6.20 Å². The van der Waals surface area contributed by atoms with Crippen molar-refractivity contribution in [3.05, 3.63) is 152 Å². The van der Waals surface area contributed by atoms with Crippen LogP contribution < -0.4 is 0 Å². The monoisotopic (exact) mass is 571 g/mol. The number of hydrogen-bond donors (Lipinski definition) is 0. The number of fused-ring (bicyclic) bond motifs is 12. The van der Waals surface area contributed by atoms with Gasteiger partial charge in [0.1, 0.15) is 5.82 Å². The van der Waals surface area contributed by atoms with Crippen LogP contribution in [-0.2, 0) is 0 Å². The predicted molar refractivity (Wildman–Crippen MR) is 189 cm³/mol. The molecule has 3 heterocycles. The van der Waals surface area contributed by atoms with Crippen LogP contribution >= 0.6 is 0 Å². The molecule has 0 amide bonds. The van der Waals surface area contributed by atoms with Crippen LogP contribution in [0.5, 0.6) is 0 Å². The fourth-order valence-corrected chi connectivity index (χ4v) is 7.39. The average Bonchev–Trinajstić information content (AvgIpc) is 3.46. The van der Waals surface area contributed by atoms with Gasteiger partial charge in [0.2, 0.25) is 0 Å². The second kappa shape index (κ2) is 9.22. The minimum Gasteiger partial charge on any atom is -0.293 e. The Morgan fingerprint density at radius 3 is 1.98 bits per heavy atom. The molecule has 0 aliphatic heterocycles. The van der Waals surface area contributed by atoms with Crippen LogP contribution in [-0.4, -0.2) is 14.5 Å². The molecular weight excluding hydrogens is 546 g/mol. The largest absolute Gasteiger partial charge is 0.293 e. The highest BCUT2D eigenvalue weighted by Gasteiger charge is 2.22. The molecule has 0 spiro atoms. The first kappa shape index (κ1) is 24.4. The van der Waals surface area contributed by atoms with Gasteiger partial charge in [0.15, 0.2) is 0 Å². The number of para-hydroxylation sites is 2. The minimum absolute atomic E-state index is 0.922. The first-order valence-electron chi connectivity index (χ1n) is 15.3. The molecule has 0 fully saturated rings. The molecule has 0 bridgehead atoms. The van der Waals surface area contributed by atoms with Crippen LogP contribution in [0.3, 0.4) is 0 Å². The number of aromatic nitrogens is 3. The fraction of sp³-hybridized carbons (Fsp3) is 0. The molecule has 3 heteroatoms. The lowest BCUT2D eigenvalue weighted by Gasteiger charge is -2.16. The number of pyridine rings is 2. The summed E-state index contributed by atoms with van der Waals surface area (Å²) in [4.78, 5) is 10.2. The SMILES string of the molecule is c1ccc2cc(-c3cc4c5ccccc5c5c(c6ccccc6n5-c5ccc6ccccc6n5)c4c4ccccc34)ncc2c1. The Labute approximate surface area is 258 Å². The van der Waals surface area contributed by atoms with E-state index in [0.29, 0.717) is 0 Å². The third-order valence-electron chi connectivity index (χ3n) is 9.36. The van der Waals surface area contributed by atoms with Crippen LogP contribution in [0.15, 0.2) is 152 Å². The number of hydrogen-bond acceptors (Lipinski definition) is 2. The zero-order valence-corrected chi connectivity index (χ0v) is 24.3. The van der Waals surface area contributed by atoms with Crippen molar-refractivity contribution in [3.63, 3.8) is 0 Å². The molecular formula is C42H25N3. The van der Waals surface area contributed by atoms with Crippen LogP contribution in [0.25, 0.3) is 92.9 Å². The Bertz CT molecular complexity index is 2820. The highest BCUT2D eigenvalue weighted by atomic mass is 15.1. The molecule has 0 unspecified atom stereocenters. The van der Waals surface area contributed by atoms with Gasteiger partial charge in [0, 0.05) is 44.1 Å². The third-order valence-corrected chi connectivity index (χ3v) is 9.36. The van der Waals surface area contributed by atoms with Gasteiger partial charge < -0.3 is 0 Å². The summed E-state index contributed by atoms with van der Waals surface area (Å²) in [6.07, 6.45) is 2.00. The average molecular weight is 572 g/mol. The quantitative estimate of drug-likeness (QED) is 0.193. The first-order valence-corrected chi connectivity index (χ1v) is 15.3. The maximum Gasteiger partial charge on any atom is 0.138 e. The topological polar surface area (TPSA) is 30.7 Å². The van der Waals surface area contributed by atoms with E-state index in [2.05, 4.69) is 150 Å². The first-order chi connectivity index (χ1) is 22.3. The van der Waals surface area contributed by atoms with Crippen molar-refractivity contribution in [1.82, 2.24) is 14.5 Å². The minimum atomic E-state index is 0.922. The van der Waals surface area contributed by atoms with Crippen LogP contribution in [0.2, 0.25) is 0 Å². The highest BCUT2D eigenvalue weighted by molar-refractivity contribution is 6.37. The Morgan fingerprint density at radius 1 is 0.444 bits per heavy atom. The van der Waals surface area contributed by atoms with Gasteiger partial charge in [-0.3, -0.25) is 9.55 Å². The number of benzene rings is 7. The maximum absolute atomic E-state index is 5.20. The van der Waals surface area contributed by atoms with Crippen LogP contribution in [0.1, 0.15) is 0 Å². The van der Waals surface area contributed by atoms with Gasteiger partial charge in [0.25, 0.3) is 0 Å². The number of rotatable bonds is 2. The molecule has 0 atom stereocenters. The van der Waals surface area contributed by atoms with E-state index in [9.17, 15) is 0 Å². The molecule has 0 radical (unpaired) electrons. The lowest BCUT2D eigenvalue weighted by Crippen LogP contribution is -1.98. The van der Waals surface area contributed by atoms with Crippen molar-refractivity contribution in [2.45, 2.75) is 0 Å². The second-order valence-corrected chi connectivity index (χ2v) is 11.8. The molecule has 0 aliphatic rings. The number of nitrogens with zero attached hydrogens (tertiary/aromatic N) is 3. The third kappa shape index (κ3) is 3.46. The molecule has 45 heavy (non-hydrogen) atoms. The molecule has 7 aromatic carbocycles. The van der Waals surface area contributed by atoms with E-state index in [-0.39, 0.29) is 0 Å². The van der Waals surface area contributed by atoms with Gasteiger partial charge in [-0.15, -0.1) is 0 Å². The van der Waals surface area contributed by atoms with Crippen LogP contribution in [0, 0.1) is 0 Å². The standard InChI is InChI=1S/C42H25N3/c1-2-13-28-25-43-37(23-27(28)12-1)34-24-35-30-15-5-7-17-32(30)42-41(40(35)31-16-6-4-14-29(31)34)33-18-8-10-20-38(33)45(42)39-22-21-26-11-3-9-19-36(26)44-39/h1-25H. The van der Waals surface area contributed by atoms with Gasteiger partial charge >= 0.3 is 0 Å². The van der Waals surface area contributed by atoms with Crippen molar-refractivity contribution in [2.24, 2.45) is 0 Å². The van der Waals surface area contributed by atoms with Crippen molar-refractivity contribution in [1.29, 1.82) is 0 Å². The molecule has 208 valence electrons. The zero-order chi connectivity index (χ0) is 29.5. The highest BCUT2D eigenvalue weighted by Crippen LogP contribution is 2.46. The van der Waals surface area contributed by atoms with E-state index >= 15 is 0 Å². The summed E-state index contributed by atoms with van der Waals surface area (Å²) in [5.74, 6) is 0.922. The second-order valence-electron chi connectivity index (χ2n) is 11.8. The maximum atomic E-state index is 5.20. The van der Waals surface area contributed by atoms with E-state index in [4.69, 9.17) is 9.97 Å². The Morgan fingerprint density at radius 2 is 1.11 bits per heavy atom. The van der Waals surface area contributed by atoms with Crippen LogP contribution in [0.4, 0.5) is 0 Å². The molecule has 0 saturated heterocycles. The molecule has 3 aromatic heterocycles. The van der Waals surface area contributed by atoms with E-state index in [1.54, 1.807) is 0 Å². The van der Waals surface area contributed by atoms with Gasteiger partial charge in [-0.05, 0) is 63.3 Å². The van der Waals surface area contributed by atoms with Crippen molar-refractivity contribution in [2.75, 3.05) is 0 Å². The Balaban J connectivity index is 1.42. The summed E-state index contributed by atoms with van der Waals surface area (Å²) < 4.78 is 2.37. The van der Waals surface area contributed by atoms with Crippen molar-refractivity contribution < 1.29 is 0 Å². The molecule has 0 aliphatic carbocycles. The summed E-state index contributed by atoms with van der Waals surface area (Å²) in [6, 6.07) is 52.1. The summed E-state index contributed by atoms with van der Waals surface area (Å²) in [5.41, 5.74) is 5.46.